The zero-order chi connectivity index (χ0) is 42.3. The Morgan fingerprint density at radius 1 is 0.700 bits per heavy atom. The van der Waals surface area contributed by atoms with Gasteiger partial charge in [-0.25, -0.2) is 4.98 Å². The Morgan fingerprint density at radius 2 is 1.32 bits per heavy atom. The maximum atomic E-state index is 7.22. The minimum atomic E-state index is -2.82. The molecule has 0 bridgehead atoms. The van der Waals surface area contributed by atoms with Crippen LogP contribution in [0.3, 0.4) is 0 Å². The second-order valence-electron chi connectivity index (χ2n) is 18.7. The van der Waals surface area contributed by atoms with Crippen LogP contribution in [0.2, 0.25) is 23.2 Å². The molecule has 0 spiro atoms. The summed E-state index contributed by atoms with van der Waals surface area (Å²) < 4.78 is 35.7. The van der Waals surface area contributed by atoms with Crippen molar-refractivity contribution in [2.24, 2.45) is 0 Å². The van der Waals surface area contributed by atoms with Crippen molar-refractivity contribution in [1.82, 2.24) is 9.55 Å². The molecule has 8 rings (SSSR count). The van der Waals surface area contributed by atoms with Crippen LogP contribution in [0.15, 0.2) is 144 Å². The van der Waals surface area contributed by atoms with E-state index in [-0.39, 0.29) is 16.7 Å². The lowest BCUT2D eigenvalue weighted by atomic mass is 9.76. The second kappa shape index (κ2) is 16.1. The zero-order valence-electron chi connectivity index (χ0n) is 36.5. The molecule has 0 amide bonds. The summed E-state index contributed by atoms with van der Waals surface area (Å²) in [7, 11) is -3.19. The average Bonchev–Trinajstić information content (AvgIpc) is 3.97. The second-order valence-corrected chi connectivity index (χ2v) is 27.8. The molecular weight excluding hydrogens is 777 g/mol. The summed E-state index contributed by atoms with van der Waals surface area (Å²) in [4.78, 5) is 4.85. The average molecular weight is 835 g/mol. The molecule has 7 nitrogen and oxygen atoms in total. The molecule has 1 atom stereocenters. The van der Waals surface area contributed by atoms with E-state index in [1.54, 1.807) is 7.11 Å². The Labute approximate surface area is 357 Å². The lowest BCUT2D eigenvalue weighted by Crippen LogP contribution is -2.66. The van der Waals surface area contributed by atoms with E-state index in [4.69, 9.17) is 27.7 Å². The van der Waals surface area contributed by atoms with Crippen molar-refractivity contribution >= 4 is 37.9 Å². The van der Waals surface area contributed by atoms with Crippen LogP contribution in [0.4, 0.5) is 0 Å². The van der Waals surface area contributed by atoms with E-state index in [0.29, 0.717) is 31.6 Å². The maximum absolute atomic E-state index is 7.22. The number of aromatic nitrogens is 2. The van der Waals surface area contributed by atoms with Crippen LogP contribution in [-0.4, -0.2) is 46.5 Å². The molecule has 2 aromatic heterocycles. The Morgan fingerprint density at radius 3 is 1.93 bits per heavy atom. The van der Waals surface area contributed by atoms with E-state index in [1.165, 1.54) is 15.9 Å². The lowest BCUT2D eigenvalue weighted by molar-refractivity contribution is 0.135. The normalized spacial score (nSPS) is 15.9. The predicted octanol–water partition coefficient (Wildman–Crippen LogP) is 11.3. The molecule has 3 heterocycles. The summed E-state index contributed by atoms with van der Waals surface area (Å²) in [5.41, 5.74) is 5.89. The van der Waals surface area contributed by atoms with Gasteiger partial charge in [0.05, 0.1) is 23.7 Å². The van der Waals surface area contributed by atoms with E-state index in [2.05, 4.69) is 193 Å². The molecule has 7 aromatic rings. The van der Waals surface area contributed by atoms with Crippen LogP contribution < -0.4 is 15.1 Å². The van der Waals surface area contributed by atoms with Gasteiger partial charge >= 0.3 is 0 Å². The highest BCUT2D eigenvalue weighted by molar-refractivity contribution is 6.99. The van der Waals surface area contributed by atoms with Crippen LogP contribution in [0.5, 0.6) is 5.75 Å². The number of nitrogens with zero attached hydrogens (tertiary/aromatic N) is 2. The van der Waals surface area contributed by atoms with Crippen molar-refractivity contribution in [3.8, 4) is 28.2 Å². The van der Waals surface area contributed by atoms with Crippen LogP contribution in [0.25, 0.3) is 33.4 Å². The van der Waals surface area contributed by atoms with Gasteiger partial charge in [0.25, 0.3) is 8.32 Å². The third kappa shape index (κ3) is 7.30. The van der Waals surface area contributed by atoms with E-state index < -0.39 is 22.0 Å². The van der Waals surface area contributed by atoms with Crippen molar-refractivity contribution in [3.63, 3.8) is 0 Å². The van der Waals surface area contributed by atoms with Crippen molar-refractivity contribution in [2.75, 3.05) is 20.3 Å². The number of hydrogen-bond donors (Lipinski definition) is 0. The molecule has 0 saturated carbocycles. The Balaban J connectivity index is 1.21. The quantitative estimate of drug-likeness (QED) is 0.108. The minimum absolute atomic E-state index is 0.0740. The first-order valence-corrected chi connectivity index (χ1v) is 25.8. The minimum Gasteiger partial charge on any atom is -0.491 e. The number of hydrogen-bond acceptors (Lipinski definition) is 6. The molecule has 0 unspecified atom stereocenters. The summed E-state index contributed by atoms with van der Waals surface area (Å²) in [6, 6.07) is 45.0. The summed E-state index contributed by atoms with van der Waals surface area (Å²) in [5.74, 6) is 2.08. The first-order chi connectivity index (χ1) is 28.7. The largest absolute Gasteiger partial charge is 0.491 e. The van der Waals surface area contributed by atoms with Crippen molar-refractivity contribution < 1.29 is 22.7 Å². The number of rotatable bonds is 13. The highest BCUT2D eigenvalue weighted by Gasteiger charge is 2.51. The number of oxazole rings is 1. The fourth-order valence-electron chi connectivity index (χ4n) is 8.72. The van der Waals surface area contributed by atoms with E-state index in [1.807, 2.05) is 6.20 Å². The Bertz CT molecular complexity index is 2530. The van der Waals surface area contributed by atoms with Crippen LogP contribution in [-0.2, 0) is 32.3 Å². The van der Waals surface area contributed by atoms with Gasteiger partial charge in [-0.15, -0.1) is 0 Å². The van der Waals surface area contributed by atoms with Gasteiger partial charge in [-0.2, -0.15) is 0 Å². The smallest absolute Gasteiger partial charge is 0.261 e. The topological polar surface area (TPSA) is 67.9 Å². The van der Waals surface area contributed by atoms with E-state index in [9.17, 15) is 0 Å². The standard InChI is InChI=1S/C51H58N2O5Si2/c1-49(2,3)59(8,9)57-35-51(37-21-13-10-14-22-37)34-55-48-41(28-19-29-43(48)51)40-27-20-30-44-47(40)42(32-53(44)36-54-7)45-31-52-46(58-45)33-56-60(50(4,5)6,38-23-15-11-16-24-38)39-25-17-12-18-26-39/h10-32H,33-36H2,1-9H3/t51-/m0/s1. The zero-order valence-corrected chi connectivity index (χ0v) is 38.5. The van der Waals surface area contributed by atoms with Gasteiger partial charge in [0.1, 0.15) is 25.7 Å². The molecule has 0 saturated heterocycles. The molecule has 0 aliphatic carbocycles. The van der Waals surface area contributed by atoms with Crippen molar-refractivity contribution in [1.29, 1.82) is 0 Å². The highest BCUT2D eigenvalue weighted by Crippen LogP contribution is 2.51. The SMILES string of the molecule is COCn1cc(-c2cnc(CO[Si](c3ccccc3)(c3ccccc3)C(C)(C)C)o2)c2c(-c3cccc4c3OC[C@]4(CO[Si](C)(C)C(C)(C)C)c3ccccc3)cccc21. The number of benzene rings is 5. The van der Waals surface area contributed by atoms with Gasteiger partial charge in [-0.1, -0.05) is 163 Å². The summed E-state index contributed by atoms with van der Waals surface area (Å²) >= 11 is 0. The first-order valence-electron chi connectivity index (χ1n) is 21.0. The molecule has 0 fully saturated rings. The molecule has 1 aliphatic rings. The summed E-state index contributed by atoms with van der Waals surface area (Å²) in [6.45, 7) is 20.0. The van der Waals surface area contributed by atoms with Crippen LogP contribution in [0, 0.1) is 0 Å². The maximum Gasteiger partial charge on any atom is 0.261 e. The third-order valence-corrected chi connectivity index (χ3v) is 22.4. The van der Waals surface area contributed by atoms with Crippen molar-refractivity contribution in [3.05, 3.63) is 157 Å². The number of fused-ring (bicyclic) bond motifs is 2. The molecule has 0 radical (unpaired) electrons. The Kier molecular flexibility index (Phi) is 11.2. The van der Waals surface area contributed by atoms with Gasteiger partial charge in [0, 0.05) is 35.4 Å². The monoisotopic (exact) mass is 834 g/mol. The van der Waals surface area contributed by atoms with Gasteiger partial charge < -0.3 is 27.3 Å². The molecule has 9 heteroatoms. The molecule has 1 aliphatic heterocycles. The number of methoxy groups -OCH3 is 1. The molecule has 60 heavy (non-hydrogen) atoms. The van der Waals surface area contributed by atoms with Crippen LogP contribution >= 0.6 is 0 Å². The predicted molar refractivity (Wildman–Crippen MR) is 248 cm³/mol. The Hall–Kier alpha value is -5.04. The van der Waals surface area contributed by atoms with Gasteiger partial charge in [0.15, 0.2) is 14.1 Å². The molecule has 5 aromatic carbocycles. The number of para-hydroxylation sites is 1. The molecule has 310 valence electrons. The van der Waals surface area contributed by atoms with Gasteiger partial charge in [0.2, 0.25) is 5.89 Å². The van der Waals surface area contributed by atoms with E-state index >= 15 is 0 Å². The highest BCUT2D eigenvalue weighted by atomic mass is 28.4. The number of ether oxygens (including phenoxy) is 2. The molecule has 0 N–H and O–H groups in total. The third-order valence-electron chi connectivity index (χ3n) is 12.9. The summed E-state index contributed by atoms with van der Waals surface area (Å²) in [6.07, 6.45) is 3.94. The van der Waals surface area contributed by atoms with E-state index in [0.717, 1.165) is 38.9 Å². The van der Waals surface area contributed by atoms with Gasteiger partial charge in [-0.05, 0) is 50.7 Å². The molecular formula is C51H58N2O5Si2. The summed E-state index contributed by atoms with van der Waals surface area (Å²) in [5, 5.41) is 3.36. The lowest BCUT2D eigenvalue weighted by Gasteiger charge is -2.42. The fourth-order valence-corrected chi connectivity index (χ4v) is 14.3. The van der Waals surface area contributed by atoms with Crippen LogP contribution in [0.1, 0.15) is 58.6 Å². The van der Waals surface area contributed by atoms with Gasteiger partial charge in [-0.3, -0.25) is 0 Å². The van der Waals surface area contributed by atoms with Crippen molar-refractivity contribution in [2.45, 2.75) is 83.5 Å². The first kappa shape index (κ1) is 41.7. The fraction of sp³-hybridized carbons (Fsp3) is 0.314.